The standard InChI is InChI=1S/C11H8ClN3O3/c12-8-3-1-2-4-9(8)14(16)11-7-13-6-5-10(11)15(17)18/h1-7,14H. The van der Waals surface area contributed by atoms with Crippen LogP contribution in [-0.2, 0) is 0 Å². The van der Waals surface area contributed by atoms with Crippen molar-refractivity contribution in [3.8, 4) is 0 Å². The highest BCUT2D eigenvalue weighted by molar-refractivity contribution is 6.32. The van der Waals surface area contributed by atoms with Crippen molar-refractivity contribution in [1.82, 2.24) is 4.98 Å². The second-order valence-corrected chi connectivity index (χ2v) is 3.87. The van der Waals surface area contributed by atoms with Gasteiger partial charge in [0.2, 0.25) is 5.69 Å². The van der Waals surface area contributed by atoms with Crippen LogP contribution in [0.4, 0.5) is 17.1 Å². The maximum Gasteiger partial charge on any atom is 0.333 e. The van der Waals surface area contributed by atoms with Crippen molar-refractivity contribution >= 4 is 28.7 Å². The summed E-state index contributed by atoms with van der Waals surface area (Å²) in [5.41, 5.74) is -0.138. The van der Waals surface area contributed by atoms with Crippen LogP contribution in [0.3, 0.4) is 0 Å². The van der Waals surface area contributed by atoms with Gasteiger partial charge in [0.25, 0.3) is 0 Å². The van der Waals surface area contributed by atoms with E-state index >= 15 is 0 Å². The Labute approximate surface area is 107 Å². The van der Waals surface area contributed by atoms with Crippen molar-refractivity contribution in [2.45, 2.75) is 0 Å². The number of benzene rings is 1. The van der Waals surface area contributed by atoms with E-state index in [0.29, 0.717) is 0 Å². The molecule has 0 saturated carbocycles. The molecule has 1 aromatic carbocycles. The zero-order valence-electron chi connectivity index (χ0n) is 9.04. The first-order chi connectivity index (χ1) is 8.61. The maximum absolute atomic E-state index is 12.2. The van der Waals surface area contributed by atoms with E-state index < -0.39 is 9.99 Å². The minimum absolute atomic E-state index is 0.0735. The van der Waals surface area contributed by atoms with E-state index in [2.05, 4.69) is 4.98 Å². The Kier molecular flexibility index (Phi) is 3.52. The smallest absolute Gasteiger partial charge is 0.333 e. The topological polar surface area (TPSA) is 83.5 Å². The van der Waals surface area contributed by atoms with Crippen LogP contribution < -0.4 is 5.06 Å². The summed E-state index contributed by atoms with van der Waals surface area (Å²) in [6.45, 7) is 0. The minimum Gasteiger partial charge on any atom is -0.623 e. The van der Waals surface area contributed by atoms with Crippen LogP contribution in [0.15, 0.2) is 42.7 Å². The van der Waals surface area contributed by atoms with E-state index in [1.807, 2.05) is 0 Å². The largest absolute Gasteiger partial charge is 0.623 e. The second-order valence-electron chi connectivity index (χ2n) is 3.46. The molecule has 0 amide bonds. The summed E-state index contributed by atoms with van der Waals surface area (Å²) in [4.78, 5) is 14.0. The van der Waals surface area contributed by atoms with E-state index in [1.165, 1.54) is 24.5 Å². The van der Waals surface area contributed by atoms with E-state index in [4.69, 9.17) is 11.6 Å². The zero-order chi connectivity index (χ0) is 13.1. The summed E-state index contributed by atoms with van der Waals surface area (Å²) < 4.78 is 0. The predicted molar refractivity (Wildman–Crippen MR) is 66.0 cm³/mol. The average Bonchev–Trinajstić information content (AvgIpc) is 2.38. The van der Waals surface area contributed by atoms with E-state index in [0.717, 1.165) is 0 Å². The van der Waals surface area contributed by atoms with Crippen molar-refractivity contribution < 1.29 is 9.99 Å². The Bertz CT molecular complexity index is 591. The average molecular weight is 266 g/mol. The number of hydrogen-bond donors (Lipinski definition) is 1. The molecule has 18 heavy (non-hydrogen) atoms. The zero-order valence-corrected chi connectivity index (χ0v) is 9.79. The molecule has 0 saturated heterocycles. The first-order valence-electron chi connectivity index (χ1n) is 4.99. The molecule has 1 N–H and O–H groups in total. The van der Waals surface area contributed by atoms with Gasteiger partial charge in [0.05, 0.1) is 11.1 Å². The van der Waals surface area contributed by atoms with Crippen molar-refractivity contribution in [2.24, 2.45) is 0 Å². The van der Waals surface area contributed by atoms with Gasteiger partial charge in [-0.05, 0) is 6.07 Å². The number of nitro groups is 1. The van der Waals surface area contributed by atoms with Crippen LogP contribution in [0.2, 0.25) is 5.02 Å². The third-order valence-electron chi connectivity index (χ3n) is 2.36. The quantitative estimate of drug-likeness (QED) is 0.679. The van der Waals surface area contributed by atoms with Gasteiger partial charge in [-0.3, -0.25) is 20.2 Å². The lowest BCUT2D eigenvalue weighted by atomic mass is 10.3. The molecule has 92 valence electrons. The molecule has 0 spiro atoms. The van der Waals surface area contributed by atoms with E-state index in [1.54, 1.807) is 18.2 Å². The fraction of sp³-hybridized carbons (Fsp3) is 0. The number of nitrogens with one attached hydrogen (secondary N) is 1. The summed E-state index contributed by atoms with van der Waals surface area (Å²) >= 11 is 5.89. The van der Waals surface area contributed by atoms with Gasteiger partial charge in [-0.2, -0.15) is 0 Å². The Morgan fingerprint density at radius 2 is 1.94 bits per heavy atom. The van der Waals surface area contributed by atoms with Gasteiger partial charge < -0.3 is 5.21 Å². The third-order valence-corrected chi connectivity index (χ3v) is 2.69. The highest BCUT2D eigenvalue weighted by Crippen LogP contribution is 2.23. The van der Waals surface area contributed by atoms with Gasteiger partial charge in [0.1, 0.15) is 5.02 Å². The normalized spacial score (nSPS) is 12.1. The second kappa shape index (κ2) is 5.09. The fourth-order valence-corrected chi connectivity index (χ4v) is 1.73. The molecule has 1 aromatic heterocycles. The number of hydrogen-bond acceptors (Lipinski definition) is 4. The molecule has 0 bridgehead atoms. The molecular formula is C11H8ClN3O3. The number of quaternary nitrogens is 1. The maximum atomic E-state index is 12.2. The van der Waals surface area contributed by atoms with E-state index in [9.17, 15) is 15.3 Å². The molecule has 1 unspecified atom stereocenters. The number of pyridine rings is 1. The molecule has 1 heterocycles. The van der Waals surface area contributed by atoms with Crippen molar-refractivity contribution in [2.75, 3.05) is 0 Å². The Morgan fingerprint density at radius 3 is 2.61 bits per heavy atom. The van der Waals surface area contributed by atoms with Gasteiger partial charge in [0, 0.05) is 18.3 Å². The molecule has 0 radical (unpaired) electrons. The minimum atomic E-state index is -0.619. The van der Waals surface area contributed by atoms with Gasteiger partial charge in [-0.1, -0.05) is 23.7 Å². The summed E-state index contributed by atoms with van der Waals surface area (Å²) in [6.07, 6.45) is 2.44. The third kappa shape index (κ3) is 2.30. The molecule has 1 atom stereocenters. The molecular weight excluding hydrogens is 258 g/mol. The fourth-order valence-electron chi connectivity index (χ4n) is 1.51. The number of nitrogens with zero attached hydrogens (tertiary/aromatic N) is 2. The molecule has 7 heteroatoms. The van der Waals surface area contributed by atoms with Crippen LogP contribution in [-0.4, -0.2) is 9.91 Å². The van der Waals surface area contributed by atoms with E-state index in [-0.39, 0.29) is 22.1 Å². The van der Waals surface area contributed by atoms with Crippen LogP contribution in [0.25, 0.3) is 0 Å². The molecule has 2 aromatic rings. The number of halogens is 1. The summed E-state index contributed by atoms with van der Waals surface area (Å²) in [5, 5.41) is 22.7. The van der Waals surface area contributed by atoms with Gasteiger partial charge in [0.15, 0.2) is 5.69 Å². The lowest BCUT2D eigenvalue weighted by Gasteiger charge is -2.21. The molecule has 0 aliphatic carbocycles. The Balaban J connectivity index is 2.50. The predicted octanol–water partition coefficient (Wildman–Crippen LogP) is 1.99. The van der Waals surface area contributed by atoms with Crippen LogP contribution >= 0.6 is 11.6 Å². The van der Waals surface area contributed by atoms with Crippen molar-refractivity contribution in [1.29, 1.82) is 0 Å². The van der Waals surface area contributed by atoms with Gasteiger partial charge in [-0.25, -0.2) is 0 Å². The monoisotopic (exact) mass is 265 g/mol. The molecule has 0 aliphatic heterocycles. The van der Waals surface area contributed by atoms with Crippen molar-refractivity contribution in [3.63, 3.8) is 0 Å². The lowest BCUT2D eigenvalue weighted by Crippen LogP contribution is -2.96. The Morgan fingerprint density at radius 1 is 1.22 bits per heavy atom. The number of para-hydroxylation sites is 1. The molecule has 6 nitrogen and oxygen atoms in total. The van der Waals surface area contributed by atoms with Gasteiger partial charge >= 0.3 is 5.69 Å². The van der Waals surface area contributed by atoms with Crippen LogP contribution in [0.1, 0.15) is 0 Å². The van der Waals surface area contributed by atoms with Crippen LogP contribution in [0, 0.1) is 15.3 Å². The summed E-state index contributed by atoms with van der Waals surface area (Å²) in [7, 11) is 0. The SMILES string of the molecule is O=[N+]([O-])c1ccncc1[NH+]([O-])c1ccccc1Cl. The summed E-state index contributed by atoms with van der Waals surface area (Å²) in [5.74, 6) is 0. The highest BCUT2D eigenvalue weighted by atomic mass is 35.5. The summed E-state index contributed by atoms with van der Waals surface area (Å²) in [6, 6.07) is 7.57. The number of aromatic nitrogens is 1. The lowest BCUT2D eigenvalue weighted by molar-refractivity contribution is -0.701. The van der Waals surface area contributed by atoms with Gasteiger partial charge in [-0.15, -0.1) is 0 Å². The van der Waals surface area contributed by atoms with Crippen LogP contribution in [0.5, 0.6) is 0 Å². The highest BCUT2D eigenvalue weighted by Gasteiger charge is 2.22. The first kappa shape index (κ1) is 12.4. The molecule has 0 aliphatic rings. The molecule has 2 rings (SSSR count). The molecule has 0 fully saturated rings. The first-order valence-corrected chi connectivity index (χ1v) is 5.36. The number of rotatable bonds is 3. The Hall–Kier alpha value is -2.02. The van der Waals surface area contributed by atoms with Crippen molar-refractivity contribution in [3.05, 3.63) is 63.1 Å².